The van der Waals surface area contributed by atoms with Gasteiger partial charge in [-0.1, -0.05) is 0 Å². The van der Waals surface area contributed by atoms with Crippen molar-refractivity contribution in [1.29, 1.82) is 5.26 Å². The van der Waals surface area contributed by atoms with Gasteiger partial charge in [0.15, 0.2) is 0 Å². The number of hydrogen-bond acceptors (Lipinski definition) is 5. The third-order valence-corrected chi connectivity index (χ3v) is 7.84. The van der Waals surface area contributed by atoms with Gasteiger partial charge in [-0.25, -0.2) is 17.5 Å². The maximum atomic E-state index is 15.2. The molecule has 1 aromatic carbocycles. The van der Waals surface area contributed by atoms with Gasteiger partial charge >= 0.3 is 0 Å². The monoisotopic (exact) mass is 418 g/mol. The predicted octanol–water partition coefficient (Wildman–Crippen LogP) is 3.17. The van der Waals surface area contributed by atoms with E-state index in [0.29, 0.717) is 17.7 Å². The highest BCUT2D eigenvalue weighted by Gasteiger charge is 2.52. The standard InChI is InChI=1S/C20H23FN4O3S/c1-19(2,3)29(26,27)24-15-10-20(6-7-20)28-18-12(15)9-14(21)17(13(18)11-22)16-5-8-23-25(16)4/h5,8-9,15,24H,6-7,10H2,1-4H3. The Morgan fingerprint density at radius 3 is 2.62 bits per heavy atom. The SMILES string of the molecule is Cn1nccc1-c1c(F)cc2c(c1C#N)OC1(CC1)CC2NS(=O)(=O)C(C)(C)C. The van der Waals surface area contributed by atoms with E-state index in [1.165, 1.54) is 16.9 Å². The van der Waals surface area contributed by atoms with Crippen molar-refractivity contribution in [3.05, 3.63) is 35.3 Å². The summed E-state index contributed by atoms with van der Waals surface area (Å²) in [5.74, 6) is -0.352. The Hall–Kier alpha value is -2.44. The molecule has 1 aromatic heterocycles. The van der Waals surface area contributed by atoms with E-state index in [1.54, 1.807) is 33.9 Å². The maximum absolute atomic E-state index is 15.2. The van der Waals surface area contributed by atoms with Gasteiger partial charge in [-0.3, -0.25) is 4.68 Å². The largest absolute Gasteiger partial charge is 0.485 e. The first-order valence-corrected chi connectivity index (χ1v) is 10.9. The van der Waals surface area contributed by atoms with Crippen LogP contribution in [-0.4, -0.2) is 28.5 Å². The van der Waals surface area contributed by atoms with Crippen LogP contribution in [0.15, 0.2) is 18.3 Å². The first kappa shape index (κ1) is 19.9. The molecule has 0 bridgehead atoms. The molecule has 1 spiro atoms. The third kappa shape index (κ3) is 3.20. The number of fused-ring (bicyclic) bond motifs is 1. The minimum atomic E-state index is -3.68. The van der Waals surface area contributed by atoms with Crippen LogP contribution in [-0.2, 0) is 17.1 Å². The first-order chi connectivity index (χ1) is 13.5. The molecule has 154 valence electrons. The molecule has 29 heavy (non-hydrogen) atoms. The molecule has 4 rings (SSSR count). The highest BCUT2D eigenvalue weighted by molar-refractivity contribution is 7.90. The summed E-state index contributed by atoms with van der Waals surface area (Å²) >= 11 is 0. The zero-order chi connectivity index (χ0) is 21.2. The quantitative estimate of drug-likeness (QED) is 0.826. The molecule has 7 nitrogen and oxygen atoms in total. The summed E-state index contributed by atoms with van der Waals surface area (Å²) < 4.78 is 50.1. The zero-order valence-corrected chi connectivity index (χ0v) is 17.6. The molecule has 1 saturated carbocycles. The minimum absolute atomic E-state index is 0.0644. The van der Waals surface area contributed by atoms with Gasteiger partial charge < -0.3 is 4.74 Å². The van der Waals surface area contributed by atoms with Gasteiger partial charge in [-0.05, 0) is 45.7 Å². The molecule has 1 N–H and O–H groups in total. The van der Waals surface area contributed by atoms with Crippen LogP contribution in [0.2, 0.25) is 0 Å². The van der Waals surface area contributed by atoms with Gasteiger partial charge in [-0.15, -0.1) is 0 Å². The summed E-state index contributed by atoms with van der Waals surface area (Å²) in [7, 11) is -2.01. The third-order valence-electron chi connectivity index (χ3n) is 5.63. The molecule has 0 amide bonds. The summed E-state index contributed by atoms with van der Waals surface area (Å²) in [6.45, 7) is 4.82. The fourth-order valence-corrected chi connectivity index (χ4v) is 4.59. The summed E-state index contributed by atoms with van der Waals surface area (Å²) in [5.41, 5.74) is 0.476. The number of aryl methyl sites for hydroxylation is 1. The number of nitrogens with one attached hydrogen (secondary N) is 1. The second kappa shape index (κ2) is 6.28. The molecular weight excluding hydrogens is 395 g/mol. The van der Waals surface area contributed by atoms with Crippen molar-refractivity contribution in [3.63, 3.8) is 0 Å². The Kier molecular flexibility index (Phi) is 4.30. The summed E-state index contributed by atoms with van der Waals surface area (Å²) in [6.07, 6.45) is 3.47. The van der Waals surface area contributed by atoms with Gasteiger partial charge in [0.05, 0.1) is 22.0 Å². The lowest BCUT2D eigenvalue weighted by Gasteiger charge is -2.35. The van der Waals surface area contributed by atoms with E-state index in [2.05, 4.69) is 15.9 Å². The molecule has 1 atom stereocenters. The lowest BCUT2D eigenvalue weighted by Crippen LogP contribution is -2.44. The molecular formula is C20H23FN4O3S. The minimum Gasteiger partial charge on any atom is -0.485 e. The topological polar surface area (TPSA) is 97.0 Å². The summed E-state index contributed by atoms with van der Waals surface area (Å²) in [4.78, 5) is 0. The van der Waals surface area contributed by atoms with Crippen molar-refractivity contribution >= 4 is 10.0 Å². The number of sulfonamides is 1. The zero-order valence-electron chi connectivity index (χ0n) is 16.8. The molecule has 1 aliphatic carbocycles. The van der Waals surface area contributed by atoms with Crippen molar-refractivity contribution in [1.82, 2.24) is 14.5 Å². The first-order valence-electron chi connectivity index (χ1n) is 9.44. The second-order valence-electron chi connectivity index (χ2n) is 8.75. The van der Waals surface area contributed by atoms with Gasteiger partial charge in [0, 0.05) is 25.2 Å². The predicted molar refractivity (Wildman–Crippen MR) is 105 cm³/mol. The van der Waals surface area contributed by atoms with Crippen LogP contribution in [0, 0.1) is 17.1 Å². The average molecular weight is 418 g/mol. The number of nitriles is 1. The van der Waals surface area contributed by atoms with Crippen LogP contribution in [0.5, 0.6) is 5.75 Å². The van der Waals surface area contributed by atoms with Crippen LogP contribution in [0.4, 0.5) is 4.39 Å². The van der Waals surface area contributed by atoms with E-state index in [9.17, 15) is 13.7 Å². The van der Waals surface area contributed by atoms with E-state index < -0.39 is 32.2 Å². The Bertz CT molecular complexity index is 1140. The van der Waals surface area contributed by atoms with Crippen molar-refractivity contribution in [2.24, 2.45) is 7.05 Å². The van der Waals surface area contributed by atoms with Crippen LogP contribution < -0.4 is 9.46 Å². The molecule has 1 fully saturated rings. The van der Waals surface area contributed by atoms with E-state index in [1.807, 2.05) is 0 Å². The molecule has 1 aliphatic heterocycles. The van der Waals surface area contributed by atoms with Gasteiger partial charge in [0.2, 0.25) is 10.0 Å². The normalized spacial score (nSPS) is 20.1. The van der Waals surface area contributed by atoms with Crippen LogP contribution in [0.25, 0.3) is 11.3 Å². The van der Waals surface area contributed by atoms with Gasteiger partial charge in [0.1, 0.15) is 28.8 Å². The summed E-state index contributed by atoms with van der Waals surface area (Å²) in [6, 6.07) is 4.32. The molecule has 9 heteroatoms. The lowest BCUT2D eigenvalue weighted by atomic mass is 9.90. The van der Waals surface area contributed by atoms with Gasteiger partial charge in [0.25, 0.3) is 0 Å². The van der Waals surface area contributed by atoms with Crippen LogP contribution >= 0.6 is 0 Å². The van der Waals surface area contributed by atoms with Crippen LogP contribution in [0.1, 0.15) is 57.2 Å². The lowest BCUT2D eigenvalue weighted by molar-refractivity contribution is 0.132. The number of nitrogens with zero attached hydrogens (tertiary/aromatic N) is 3. The van der Waals surface area contributed by atoms with Crippen molar-refractivity contribution in [2.45, 2.75) is 56.4 Å². The van der Waals surface area contributed by atoms with E-state index in [0.717, 1.165) is 12.8 Å². The molecule has 0 radical (unpaired) electrons. The molecule has 1 unspecified atom stereocenters. The molecule has 2 aromatic rings. The number of rotatable bonds is 3. The number of benzene rings is 1. The van der Waals surface area contributed by atoms with Crippen LogP contribution in [0.3, 0.4) is 0 Å². The summed E-state index contributed by atoms with van der Waals surface area (Å²) in [5, 5.41) is 13.9. The highest BCUT2D eigenvalue weighted by Crippen LogP contribution is 2.54. The molecule has 2 heterocycles. The Balaban J connectivity index is 1.89. The van der Waals surface area contributed by atoms with Crippen molar-refractivity contribution in [3.8, 4) is 23.1 Å². The maximum Gasteiger partial charge on any atom is 0.217 e. The smallest absolute Gasteiger partial charge is 0.217 e. The van der Waals surface area contributed by atoms with E-state index in [4.69, 9.17) is 4.74 Å². The molecule has 2 aliphatic rings. The Morgan fingerprint density at radius 1 is 1.41 bits per heavy atom. The number of aromatic nitrogens is 2. The fourth-order valence-electron chi connectivity index (χ4n) is 3.65. The number of halogens is 1. The number of ether oxygens (including phenoxy) is 1. The average Bonchev–Trinajstić information content (AvgIpc) is 3.22. The Labute approximate surface area is 169 Å². The van der Waals surface area contributed by atoms with Crippen molar-refractivity contribution in [2.75, 3.05) is 0 Å². The second-order valence-corrected chi connectivity index (χ2v) is 11.2. The van der Waals surface area contributed by atoms with E-state index in [-0.39, 0.29) is 16.9 Å². The molecule has 0 saturated heterocycles. The Morgan fingerprint density at radius 2 is 2.10 bits per heavy atom. The van der Waals surface area contributed by atoms with Crippen molar-refractivity contribution < 1.29 is 17.5 Å². The number of hydrogen-bond donors (Lipinski definition) is 1. The van der Waals surface area contributed by atoms with Gasteiger partial charge in [-0.2, -0.15) is 10.4 Å². The highest BCUT2D eigenvalue weighted by atomic mass is 32.2. The van der Waals surface area contributed by atoms with E-state index >= 15 is 4.39 Å². The fraction of sp³-hybridized carbons (Fsp3) is 0.500.